The molecule has 0 unspecified atom stereocenters. The number of hydrogen-bond acceptors (Lipinski definition) is 4. The predicted octanol–water partition coefficient (Wildman–Crippen LogP) is 2.68. The number of nitriles is 1. The molecule has 21 heavy (non-hydrogen) atoms. The van der Waals surface area contributed by atoms with Crippen LogP contribution in [0.15, 0.2) is 42.6 Å². The molecule has 2 rings (SSSR count). The lowest BCUT2D eigenvalue weighted by atomic mass is 10.3. The Hall–Kier alpha value is -2.58. The highest BCUT2D eigenvalue weighted by molar-refractivity contribution is 6.30. The second-order valence-corrected chi connectivity index (χ2v) is 4.86. The van der Waals surface area contributed by atoms with Gasteiger partial charge in [0.15, 0.2) is 0 Å². The van der Waals surface area contributed by atoms with Crippen LogP contribution in [0.4, 0.5) is 11.4 Å². The number of anilines is 2. The second kappa shape index (κ2) is 6.73. The Morgan fingerprint density at radius 3 is 2.86 bits per heavy atom. The summed E-state index contributed by atoms with van der Waals surface area (Å²) in [6, 6.07) is 12.3. The van der Waals surface area contributed by atoms with Crippen LogP contribution in [0, 0.1) is 11.3 Å². The monoisotopic (exact) mass is 300 g/mol. The van der Waals surface area contributed by atoms with E-state index in [4.69, 9.17) is 16.9 Å². The summed E-state index contributed by atoms with van der Waals surface area (Å²) in [5.74, 6) is -0.163. The zero-order valence-corrected chi connectivity index (χ0v) is 12.1. The molecule has 0 aliphatic rings. The molecule has 0 saturated heterocycles. The molecule has 106 valence electrons. The van der Waals surface area contributed by atoms with Gasteiger partial charge in [0.05, 0.1) is 18.4 Å². The zero-order valence-electron chi connectivity index (χ0n) is 11.4. The fourth-order valence-corrected chi connectivity index (χ4v) is 1.94. The summed E-state index contributed by atoms with van der Waals surface area (Å²) in [5, 5.41) is 12.0. The molecule has 0 bridgehead atoms. The number of amides is 1. The van der Waals surface area contributed by atoms with Gasteiger partial charge in [-0.2, -0.15) is 5.26 Å². The van der Waals surface area contributed by atoms with Crippen molar-refractivity contribution in [2.45, 2.75) is 0 Å². The minimum Gasteiger partial charge on any atom is -0.364 e. The number of pyridine rings is 1. The van der Waals surface area contributed by atoms with E-state index >= 15 is 0 Å². The van der Waals surface area contributed by atoms with Gasteiger partial charge in [0.25, 0.3) is 0 Å². The molecule has 0 aliphatic heterocycles. The smallest absolute Gasteiger partial charge is 0.243 e. The number of carbonyl (C=O) groups is 1. The van der Waals surface area contributed by atoms with Crippen molar-refractivity contribution in [3.8, 4) is 6.07 Å². The Labute approximate surface area is 127 Å². The van der Waals surface area contributed by atoms with Crippen molar-refractivity contribution in [1.29, 1.82) is 5.26 Å². The number of hydrogen-bond donors (Lipinski definition) is 1. The van der Waals surface area contributed by atoms with Crippen molar-refractivity contribution in [2.75, 3.05) is 23.8 Å². The fraction of sp³-hybridized carbons (Fsp3) is 0.133. The van der Waals surface area contributed by atoms with Gasteiger partial charge in [0, 0.05) is 17.8 Å². The number of aromatic nitrogens is 1. The molecule has 0 aliphatic carbocycles. The van der Waals surface area contributed by atoms with Gasteiger partial charge >= 0.3 is 0 Å². The zero-order chi connectivity index (χ0) is 15.2. The Morgan fingerprint density at radius 2 is 2.24 bits per heavy atom. The number of likely N-dealkylation sites (N-methyl/N-ethyl adjacent to an activating group) is 1. The summed E-state index contributed by atoms with van der Waals surface area (Å²) in [6.07, 6.45) is 1.56. The van der Waals surface area contributed by atoms with Crippen LogP contribution in [0.1, 0.15) is 5.69 Å². The van der Waals surface area contributed by atoms with Gasteiger partial charge in [0.1, 0.15) is 11.8 Å². The number of nitrogens with zero attached hydrogens (tertiary/aromatic N) is 3. The fourth-order valence-electron chi connectivity index (χ4n) is 1.75. The van der Waals surface area contributed by atoms with E-state index < -0.39 is 0 Å². The first-order valence-electron chi connectivity index (χ1n) is 6.21. The van der Waals surface area contributed by atoms with E-state index in [0.29, 0.717) is 16.4 Å². The van der Waals surface area contributed by atoms with E-state index in [2.05, 4.69) is 10.3 Å². The lowest BCUT2D eigenvalue weighted by Crippen LogP contribution is -2.30. The predicted molar refractivity (Wildman–Crippen MR) is 82.3 cm³/mol. The molecule has 1 heterocycles. The molecule has 6 heteroatoms. The first-order chi connectivity index (χ1) is 10.1. The third kappa shape index (κ3) is 4.20. The highest BCUT2D eigenvalue weighted by atomic mass is 35.5. The average Bonchev–Trinajstić information content (AvgIpc) is 2.47. The van der Waals surface area contributed by atoms with E-state index in [1.807, 2.05) is 6.07 Å². The molecule has 1 aromatic carbocycles. The molecule has 0 spiro atoms. The molecule has 0 atom stereocenters. The van der Waals surface area contributed by atoms with Gasteiger partial charge in [-0.15, -0.1) is 0 Å². The molecule has 1 amide bonds. The van der Waals surface area contributed by atoms with Crippen LogP contribution in [-0.2, 0) is 4.79 Å². The first kappa shape index (κ1) is 14.8. The minimum absolute atomic E-state index is 0.163. The molecule has 2 aromatic rings. The van der Waals surface area contributed by atoms with Crippen LogP contribution >= 0.6 is 11.6 Å². The van der Waals surface area contributed by atoms with Gasteiger partial charge in [-0.3, -0.25) is 4.79 Å². The lowest BCUT2D eigenvalue weighted by molar-refractivity contribution is -0.114. The molecule has 0 radical (unpaired) electrons. The summed E-state index contributed by atoms with van der Waals surface area (Å²) in [5.41, 5.74) is 1.75. The quantitative estimate of drug-likeness (QED) is 0.942. The molecule has 1 N–H and O–H groups in total. The van der Waals surface area contributed by atoms with Gasteiger partial charge in [-0.1, -0.05) is 17.7 Å². The van der Waals surface area contributed by atoms with Gasteiger partial charge in [-0.05, 0) is 30.3 Å². The molecule has 0 fully saturated rings. The number of benzene rings is 1. The minimum atomic E-state index is -0.163. The number of nitrogens with one attached hydrogen (secondary N) is 1. The standard InChI is InChI=1S/C15H13ClN4O/c1-20(14-6-5-13(8-17)18-9-14)10-15(21)19-12-4-2-3-11(16)7-12/h2-7,9H,10H2,1H3,(H,19,21). The van der Waals surface area contributed by atoms with Crippen molar-refractivity contribution in [2.24, 2.45) is 0 Å². The van der Waals surface area contributed by atoms with Crippen LogP contribution in [0.25, 0.3) is 0 Å². The largest absolute Gasteiger partial charge is 0.364 e. The van der Waals surface area contributed by atoms with E-state index in [1.54, 1.807) is 54.5 Å². The number of carbonyl (C=O) groups excluding carboxylic acids is 1. The lowest BCUT2D eigenvalue weighted by Gasteiger charge is -2.18. The van der Waals surface area contributed by atoms with E-state index in [-0.39, 0.29) is 12.5 Å². The molecule has 5 nitrogen and oxygen atoms in total. The Morgan fingerprint density at radius 1 is 1.43 bits per heavy atom. The highest BCUT2D eigenvalue weighted by Crippen LogP contribution is 2.15. The summed E-state index contributed by atoms with van der Waals surface area (Å²) >= 11 is 5.86. The van der Waals surface area contributed by atoms with Crippen molar-refractivity contribution in [3.05, 3.63) is 53.3 Å². The SMILES string of the molecule is CN(CC(=O)Nc1cccc(Cl)c1)c1ccc(C#N)nc1. The Balaban J connectivity index is 1.97. The summed E-state index contributed by atoms with van der Waals surface area (Å²) in [6.45, 7) is 0.167. The highest BCUT2D eigenvalue weighted by Gasteiger charge is 2.08. The van der Waals surface area contributed by atoms with Gasteiger partial charge in [0.2, 0.25) is 5.91 Å². The Bertz CT molecular complexity index is 679. The van der Waals surface area contributed by atoms with E-state index in [9.17, 15) is 4.79 Å². The van der Waals surface area contributed by atoms with Crippen molar-refractivity contribution >= 4 is 28.9 Å². The van der Waals surface area contributed by atoms with E-state index in [1.165, 1.54) is 0 Å². The molecular formula is C15H13ClN4O. The summed E-state index contributed by atoms with van der Waals surface area (Å²) in [7, 11) is 1.78. The maximum Gasteiger partial charge on any atom is 0.243 e. The van der Waals surface area contributed by atoms with Crippen LogP contribution in [0.5, 0.6) is 0 Å². The van der Waals surface area contributed by atoms with Crippen molar-refractivity contribution < 1.29 is 4.79 Å². The van der Waals surface area contributed by atoms with E-state index in [0.717, 1.165) is 5.69 Å². The summed E-state index contributed by atoms with van der Waals surface area (Å²) in [4.78, 5) is 17.7. The first-order valence-corrected chi connectivity index (χ1v) is 6.59. The second-order valence-electron chi connectivity index (χ2n) is 4.43. The third-order valence-corrected chi connectivity index (χ3v) is 3.03. The van der Waals surface area contributed by atoms with Crippen molar-refractivity contribution in [1.82, 2.24) is 4.98 Å². The maximum absolute atomic E-state index is 12.0. The maximum atomic E-state index is 12.0. The number of halogens is 1. The molecular weight excluding hydrogens is 288 g/mol. The Kier molecular flexibility index (Phi) is 4.75. The summed E-state index contributed by atoms with van der Waals surface area (Å²) < 4.78 is 0. The molecule has 1 aromatic heterocycles. The van der Waals surface area contributed by atoms with Gasteiger partial charge < -0.3 is 10.2 Å². The molecule has 0 saturated carbocycles. The average molecular weight is 301 g/mol. The van der Waals surface area contributed by atoms with Crippen LogP contribution < -0.4 is 10.2 Å². The van der Waals surface area contributed by atoms with Crippen LogP contribution in [-0.4, -0.2) is 24.5 Å². The third-order valence-electron chi connectivity index (χ3n) is 2.79. The van der Waals surface area contributed by atoms with Crippen LogP contribution in [0.3, 0.4) is 0 Å². The van der Waals surface area contributed by atoms with Crippen LogP contribution in [0.2, 0.25) is 5.02 Å². The van der Waals surface area contributed by atoms with Gasteiger partial charge in [-0.25, -0.2) is 4.98 Å². The normalized spacial score (nSPS) is 9.76. The topological polar surface area (TPSA) is 69.0 Å². The number of rotatable bonds is 4. The van der Waals surface area contributed by atoms with Crippen molar-refractivity contribution in [3.63, 3.8) is 0 Å².